The Labute approximate surface area is 116 Å². The molecule has 0 bridgehead atoms. The number of halogens is 2. The number of para-hydroxylation sites is 1. The zero-order valence-electron chi connectivity index (χ0n) is 9.68. The van der Waals surface area contributed by atoms with Gasteiger partial charge in [0.15, 0.2) is 17.5 Å². The van der Waals surface area contributed by atoms with E-state index in [9.17, 15) is 9.50 Å². The SMILES string of the molecule is OC(c1ccc(Br)cn1)c1cc2cccc(F)c2o1. The predicted octanol–water partition coefficient (Wildman–Crippen LogP) is 3.81. The zero-order valence-corrected chi connectivity index (χ0v) is 11.3. The van der Waals surface area contributed by atoms with E-state index in [0.717, 1.165) is 4.47 Å². The second-order valence-corrected chi connectivity index (χ2v) is 5.03. The number of benzene rings is 1. The van der Waals surface area contributed by atoms with E-state index in [1.54, 1.807) is 36.5 Å². The van der Waals surface area contributed by atoms with Crippen molar-refractivity contribution >= 4 is 26.9 Å². The lowest BCUT2D eigenvalue weighted by Crippen LogP contribution is -2.00. The molecule has 3 nitrogen and oxygen atoms in total. The topological polar surface area (TPSA) is 46.3 Å². The van der Waals surface area contributed by atoms with E-state index in [0.29, 0.717) is 11.1 Å². The summed E-state index contributed by atoms with van der Waals surface area (Å²) in [5, 5.41) is 10.8. The summed E-state index contributed by atoms with van der Waals surface area (Å²) < 4.78 is 19.7. The van der Waals surface area contributed by atoms with Gasteiger partial charge in [0.2, 0.25) is 0 Å². The van der Waals surface area contributed by atoms with E-state index in [1.807, 2.05) is 0 Å². The molecule has 2 heterocycles. The van der Waals surface area contributed by atoms with Crippen LogP contribution in [0.2, 0.25) is 0 Å². The number of aromatic nitrogens is 1. The highest BCUT2D eigenvalue weighted by Crippen LogP contribution is 2.29. The molecule has 1 aromatic carbocycles. The summed E-state index contributed by atoms with van der Waals surface area (Å²) in [6.45, 7) is 0. The number of nitrogens with zero attached hydrogens (tertiary/aromatic N) is 1. The van der Waals surface area contributed by atoms with Gasteiger partial charge >= 0.3 is 0 Å². The lowest BCUT2D eigenvalue weighted by molar-refractivity contribution is 0.187. The molecule has 0 saturated carbocycles. The van der Waals surface area contributed by atoms with Crippen LogP contribution in [0.3, 0.4) is 0 Å². The number of furan rings is 1. The third kappa shape index (κ3) is 2.27. The Balaban J connectivity index is 2.04. The maximum atomic E-state index is 13.5. The standard InChI is InChI=1S/C14H9BrFNO2/c15-9-4-5-11(17-7-9)13(18)12-6-8-2-1-3-10(16)14(8)19-12/h1-7,13,18H. The molecule has 0 aliphatic carbocycles. The highest BCUT2D eigenvalue weighted by molar-refractivity contribution is 9.10. The monoisotopic (exact) mass is 321 g/mol. The Morgan fingerprint density at radius 2 is 2.11 bits per heavy atom. The van der Waals surface area contributed by atoms with Gasteiger partial charge < -0.3 is 9.52 Å². The minimum absolute atomic E-state index is 0.147. The zero-order chi connectivity index (χ0) is 13.4. The van der Waals surface area contributed by atoms with Crippen LogP contribution in [-0.2, 0) is 0 Å². The third-order valence-corrected chi connectivity index (χ3v) is 3.28. The second-order valence-electron chi connectivity index (χ2n) is 4.11. The molecule has 0 spiro atoms. The number of hydrogen-bond donors (Lipinski definition) is 1. The van der Waals surface area contributed by atoms with Crippen molar-refractivity contribution in [2.75, 3.05) is 0 Å². The average Bonchev–Trinajstić information content (AvgIpc) is 2.84. The fourth-order valence-electron chi connectivity index (χ4n) is 1.88. The van der Waals surface area contributed by atoms with Crippen molar-refractivity contribution in [3.63, 3.8) is 0 Å². The Kier molecular flexibility index (Phi) is 3.08. The Bertz CT molecular complexity index is 724. The minimum atomic E-state index is -1.01. The highest BCUT2D eigenvalue weighted by Gasteiger charge is 2.18. The van der Waals surface area contributed by atoms with E-state index < -0.39 is 11.9 Å². The summed E-state index contributed by atoms with van der Waals surface area (Å²) in [5.41, 5.74) is 0.594. The molecule has 1 atom stereocenters. The second kappa shape index (κ2) is 4.75. The van der Waals surface area contributed by atoms with Crippen molar-refractivity contribution in [1.29, 1.82) is 0 Å². The summed E-state index contributed by atoms with van der Waals surface area (Å²) in [5.74, 6) is -0.172. The molecule has 19 heavy (non-hydrogen) atoms. The molecule has 3 aromatic rings. The maximum Gasteiger partial charge on any atom is 0.170 e. The Hall–Kier alpha value is -1.72. The first-order chi connectivity index (χ1) is 9.15. The van der Waals surface area contributed by atoms with Gasteiger partial charge in [0.05, 0.1) is 5.69 Å². The largest absolute Gasteiger partial charge is 0.455 e. The molecule has 3 rings (SSSR count). The average molecular weight is 322 g/mol. The smallest absolute Gasteiger partial charge is 0.170 e. The van der Waals surface area contributed by atoms with E-state index >= 15 is 0 Å². The van der Waals surface area contributed by atoms with Crippen LogP contribution in [0.1, 0.15) is 17.6 Å². The van der Waals surface area contributed by atoms with Gasteiger partial charge in [0, 0.05) is 16.1 Å². The van der Waals surface area contributed by atoms with Gasteiger partial charge in [0.25, 0.3) is 0 Å². The van der Waals surface area contributed by atoms with Crippen molar-refractivity contribution in [2.45, 2.75) is 6.10 Å². The number of aliphatic hydroxyl groups excluding tert-OH is 1. The molecule has 0 radical (unpaired) electrons. The molecule has 0 aliphatic rings. The van der Waals surface area contributed by atoms with Crippen LogP contribution in [0.4, 0.5) is 4.39 Å². The predicted molar refractivity (Wildman–Crippen MR) is 72.2 cm³/mol. The first-order valence-corrected chi connectivity index (χ1v) is 6.42. The lowest BCUT2D eigenvalue weighted by Gasteiger charge is -2.06. The van der Waals surface area contributed by atoms with Crippen LogP contribution in [0.15, 0.2) is 51.5 Å². The first kappa shape index (κ1) is 12.3. The number of rotatable bonds is 2. The van der Waals surface area contributed by atoms with E-state index in [2.05, 4.69) is 20.9 Å². The van der Waals surface area contributed by atoms with Crippen molar-refractivity contribution in [1.82, 2.24) is 4.98 Å². The fraction of sp³-hybridized carbons (Fsp3) is 0.0714. The number of hydrogen-bond acceptors (Lipinski definition) is 3. The van der Waals surface area contributed by atoms with Crippen LogP contribution < -0.4 is 0 Å². The molecule has 0 saturated heterocycles. The minimum Gasteiger partial charge on any atom is -0.455 e. The molecule has 2 aromatic heterocycles. The molecule has 1 N–H and O–H groups in total. The normalized spacial score (nSPS) is 12.8. The Morgan fingerprint density at radius 3 is 2.79 bits per heavy atom. The fourth-order valence-corrected chi connectivity index (χ4v) is 2.11. The lowest BCUT2D eigenvalue weighted by atomic mass is 10.1. The van der Waals surface area contributed by atoms with Crippen LogP contribution in [0, 0.1) is 5.82 Å². The van der Waals surface area contributed by atoms with Gasteiger partial charge in [-0.2, -0.15) is 0 Å². The van der Waals surface area contributed by atoms with Crippen LogP contribution in [-0.4, -0.2) is 10.1 Å². The number of aliphatic hydroxyl groups is 1. The van der Waals surface area contributed by atoms with Gasteiger partial charge in [-0.3, -0.25) is 4.98 Å². The van der Waals surface area contributed by atoms with Gasteiger partial charge in [-0.25, -0.2) is 4.39 Å². The van der Waals surface area contributed by atoms with Crippen LogP contribution >= 0.6 is 15.9 Å². The van der Waals surface area contributed by atoms with Crippen LogP contribution in [0.5, 0.6) is 0 Å². The molecule has 0 amide bonds. The van der Waals surface area contributed by atoms with Gasteiger partial charge in [-0.05, 0) is 40.2 Å². The Morgan fingerprint density at radius 1 is 1.26 bits per heavy atom. The van der Waals surface area contributed by atoms with Gasteiger partial charge in [-0.15, -0.1) is 0 Å². The molecule has 0 fully saturated rings. The van der Waals surface area contributed by atoms with Crippen molar-refractivity contribution in [3.8, 4) is 0 Å². The van der Waals surface area contributed by atoms with Crippen molar-refractivity contribution in [2.24, 2.45) is 0 Å². The molecular weight excluding hydrogens is 313 g/mol. The van der Waals surface area contributed by atoms with E-state index in [4.69, 9.17) is 4.42 Å². The van der Waals surface area contributed by atoms with Gasteiger partial charge in [-0.1, -0.05) is 12.1 Å². The molecule has 96 valence electrons. The number of fused-ring (bicyclic) bond motifs is 1. The van der Waals surface area contributed by atoms with Crippen molar-refractivity contribution in [3.05, 3.63) is 64.3 Å². The molecule has 0 aliphatic heterocycles. The maximum absolute atomic E-state index is 13.5. The summed E-state index contributed by atoms with van der Waals surface area (Å²) in [4.78, 5) is 4.10. The summed E-state index contributed by atoms with van der Waals surface area (Å²) >= 11 is 3.27. The molecule has 1 unspecified atom stereocenters. The summed E-state index contributed by atoms with van der Waals surface area (Å²) in [6, 6.07) is 9.72. The third-order valence-electron chi connectivity index (χ3n) is 2.82. The van der Waals surface area contributed by atoms with E-state index in [-0.39, 0.29) is 11.3 Å². The van der Waals surface area contributed by atoms with E-state index in [1.165, 1.54) is 6.07 Å². The number of pyridine rings is 1. The first-order valence-electron chi connectivity index (χ1n) is 5.62. The molecular formula is C14H9BrFNO2. The molecule has 5 heteroatoms. The quantitative estimate of drug-likeness (QED) is 0.780. The summed E-state index contributed by atoms with van der Waals surface area (Å²) in [6.07, 6.45) is 0.571. The van der Waals surface area contributed by atoms with Crippen molar-refractivity contribution < 1.29 is 13.9 Å². The highest BCUT2D eigenvalue weighted by atomic mass is 79.9. The summed E-state index contributed by atoms with van der Waals surface area (Å²) in [7, 11) is 0. The van der Waals surface area contributed by atoms with Gasteiger partial charge in [0.1, 0.15) is 5.76 Å². The van der Waals surface area contributed by atoms with Crippen LogP contribution in [0.25, 0.3) is 11.0 Å².